The molecule has 0 unspecified atom stereocenters. The van der Waals surface area contributed by atoms with Gasteiger partial charge in [-0.1, -0.05) is 0 Å². The molecule has 104 valence electrons. The van der Waals surface area contributed by atoms with Crippen molar-refractivity contribution in [2.75, 3.05) is 19.8 Å². The smallest absolute Gasteiger partial charge is 0.260 e. The number of halogens is 2. The molecular formula is C13H15F2NO3. The van der Waals surface area contributed by atoms with Crippen molar-refractivity contribution in [2.24, 2.45) is 0 Å². The van der Waals surface area contributed by atoms with Gasteiger partial charge >= 0.3 is 0 Å². The summed E-state index contributed by atoms with van der Waals surface area (Å²) in [6.07, 6.45) is 1.83. The van der Waals surface area contributed by atoms with Gasteiger partial charge in [-0.2, -0.15) is 0 Å². The second-order valence-corrected chi connectivity index (χ2v) is 4.41. The lowest BCUT2D eigenvalue weighted by Crippen LogP contribution is -2.38. The van der Waals surface area contributed by atoms with Crippen LogP contribution in [0.1, 0.15) is 12.8 Å². The molecule has 6 heteroatoms. The number of ether oxygens (including phenoxy) is 1. The van der Waals surface area contributed by atoms with Gasteiger partial charge in [0.2, 0.25) is 0 Å². The van der Waals surface area contributed by atoms with Crippen LogP contribution in [0.15, 0.2) is 18.2 Å². The van der Waals surface area contributed by atoms with Crippen molar-refractivity contribution >= 4 is 5.91 Å². The number of aliphatic hydroxyl groups excluding tert-OH is 1. The van der Waals surface area contributed by atoms with Crippen molar-refractivity contribution < 1.29 is 23.4 Å². The van der Waals surface area contributed by atoms with E-state index in [1.54, 1.807) is 0 Å². The molecule has 1 fully saturated rings. The quantitative estimate of drug-likeness (QED) is 0.849. The van der Waals surface area contributed by atoms with Gasteiger partial charge in [-0.25, -0.2) is 8.78 Å². The highest BCUT2D eigenvalue weighted by molar-refractivity contribution is 5.78. The van der Waals surface area contributed by atoms with Crippen LogP contribution >= 0.6 is 0 Å². The molecule has 0 spiro atoms. The fraction of sp³-hybridized carbons (Fsp3) is 0.462. The summed E-state index contributed by atoms with van der Waals surface area (Å²) in [6, 6.07) is 3.06. The van der Waals surface area contributed by atoms with E-state index in [9.17, 15) is 13.6 Å². The Morgan fingerprint density at radius 1 is 1.42 bits per heavy atom. The van der Waals surface area contributed by atoms with E-state index >= 15 is 0 Å². The van der Waals surface area contributed by atoms with Crippen LogP contribution in [0.4, 0.5) is 8.78 Å². The normalized spacial score (nSPS) is 14.3. The monoisotopic (exact) mass is 271 g/mol. The van der Waals surface area contributed by atoms with Gasteiger partial charge in [0.25, 0.3) is 5.91 Å². The van der Waals surface area contributed by atoms with Crippen LogP contribution in [0.5, 0.6) is 5.75 Å². The molecule has 1 N–H and O–H groups in total. The van der Waals surface area contributed by atoms with Crippen molar-refractivity contribution in [3.8, 4) is 5.75 Å². The van der Waals surface area contributed by atoms with Gasteiger partial charge in [-0.3, -0.25) is 4.79 Å². The van der Waals surface area contributed by atoms with Crippen LogP contribution in [0, 0.1) is 11.6 Å². The van der Waals surface area contributed by atoms with Gasteiger partial charge in [0.1, 0.15) is 5.82 Å². The maximum atomic E-state index is 13.3. The van der Waals surface area contributed by atoms with Crippen LogP contribution in [0.3, 0.4) is 0 Å². The molecule has 1 saturated carbocycles. The predicted molar refractivity (Wildman–Crippen MR) is 63.7 cm³/mol. The van der Waals surface area contributed by atoms with E-state index in [2.05, 4.69) is 0 Å². The summed E-state index contributed by atoms with van der Waals surface area (Å²) in [6.45, 7) is -0.190. The van der Waals surface area contributed by atoms with Crippen LogP contribution < -0.4 is 4.74 Å². The molecule has 19 heavy (non-hydrogen) atoms. The zero-order valence-electron chi connectivity index (χ0n) is 10.3. The van der Waals surface area contributed by atoms with Crippen molar-refractivity contribution in [1.29, 1.82) is 0 Å². The number of amides is 1. The van der Waals surface area contributed by atoms with E-state index in [0.29, 0.717) is 6.07 Å². The number of aliphatic hydroxyl groups is 1. The van der Waals surface area contributed by atoms with Gasteiger partial charge in [0.15, 0.2) is 18.2 Å². The molecule has 0 radical (unpaired) electrons. The molecule has 1 amide bonds. The van der Waals surface area contributed by atoms with E-state index in [1.807, 2.05) is 0 Å². The van der Waals surface area contributed by atoms with E-state index in [4.69, 9.17) is 9.84 Å². The number of hydrogen-bond acceptors (Lipinski definition) is 3. The molecule has 4 nitrogen and oxygen atoms in total. The van der Waals surface area contributed by atoms with E-state index in [0.717, 1.165) is 25.0 Å². The summed E-state index contributed by atoms with van der Waals surface area (Å²) in [4.78, 5) is 13.4. The molecule has 0 aromatic heterocycles. The molecule has 1 aromatic carbocycles. The minimum absolute atomic E-state index is 0.118. The summed E-state index contributed by atoms with van der Waals surface area (Å²) in [7, 11) is 0. The Balaban J connectivity index is 1.91. The summed E-state index contributed by atoms with van der Waals surface area (Å²) >= 11 is 0. The lowest BCUT2D eigenvalue weighted by Gasteiger charge is -2.21. The second-order valence-electron chi connectivity index (χ2n) is 4.41. The Kier molecular flexibility index (Phi) is 4.31. The lowest BCUT2D eigenvalue weighted by molar-refractivity contribution is -0.134. The molecule has 0 bridgehead atoms. The van der Waals surface area contributed by atoms with Crippen LogP contribution in [0.2, 0.25) is 0 Å². The number of carbonyl (C=O) groups is 1. The number of hydrogen-bond donors (Lipinski definition) is 1. The first-order valence-corrected chi connectivity index (χ1v) is 6.10. The van der Waals surface area contributed by atoms with Crippen molar-refractivity contribution in [2.45, 2.75) is 18.9 Å². The zero-order valence-corrected chi connectivity index (χ0v) is 10.3. The van der Waals surface area contributed by atoms with Gasteiger partial charge < -0.3 is 14.7 Å². The van der Waals surface area contributed by atoms with Crippen molar-refractivity contribution in [3.05, 3.63) is 29.8 Å². The molecule has 0 aliphatic heterocycles. The fourth-order valence-corrected chi connectivity index (χ4v) is 1.82. The van der Waals surface area contributed by atoms with Crippen LogP contribution in [-0.4, -0.2) is 41.7 Å². The van der Waals surface area contributed by atoms with E-state index in [1.165, 1.54) is 4.90 Å². The molecular weight excluding hydrogens is 256 g/mol. The maximum Gasteiger partial charge on any atom is 0.260 e. The Hall–Kier alpha value is -1.69. The third kappa shape index (κ3) is 3.64. The predicted octanol–water partition coefficient (Wildman–Crippen LogP) is 1.33. The first-order valence-electron chi connectivity index (χ1n) is 6.10. The standard InChI is InChI=1S/C13H15F2NO3/c14-9-1-4-12(11(15)7-9)19-8-13(18)16(5-6-17)10-2-3-10/h1,4,7,10,17H,2-3,5-6,8H2. The van der Waals surface area contributed by atoms with Crippen LogP contribution in [0.25, 0.3) is 0 Å². The first-order chi connectivity index (χ1) is 9.11. The third-order valence-electron chi connectivity index (χ3n) is 2.89. The minimum Gasteiger partial charge on any atom is -0.481 e. The number of rotatable bonds is 6. The Morgan fingerprint density at radius 2 is 2.16 bits per heavy atom. The molecule has 0 heterocycles. The highest BCUT2D eigenvalue weighted by Crippen LogP contribution is 2.26. The van der Waals surface area contributed by atoms with E-state index < -0.39 is 11.6 Å². The average Bonchev–Trinajstić information content (AvgIpc) is 3.18. The van der Waals surface area contributed by atoms with Gasteiger partial charge in [0, 0.05) is 18.7 Å². The highest BCUT2D eigenvalue weighted by atomic mass is 19.1. The number of nitrogens with zero attached hydrogens (tertiary/aromatic N) is 1. The molecule has 1 aliphatic rings. The first kappa shape index (κ1) is 13.7. The minimum atomic E-state index is -0.840. The lowest BCUT2D eigenvalue weighted by atomic mass is 10.3. The molecule has 2 rings (SSSR count). The molecule has 1 aromatic rings. The van der Waals surface area contributed by atoms with Crippen LogP contribution in [-0.2, 0) is 4.79 Å². The van der Waals surface area contributed by atoms with Gasteiger partial charge in [-0.15, -0.1) is 0 Å². The Morgan fingerprint density at radius 3 is 2.74 bits per heavy atom. The van der Waals surface area contributed by atoms with Crippen molar-refractivity contribution in [1.82, 2.24) is 4.90 Å². The maximum absolute atomic E-state index is 13.3. The molecule has 0 atom stereocenters. The van der Waals surface area contributed by atoms with Crippen molar-refractivity contribution in [3.63, 3.8) is 0 Å². The molecule has 1 aliphatic carbocycles. The Labute approximate surface area is 109 Å². The average molecular weight is 271 g/mol. The van der Waals surface area contributed by atoms with E-state index in [-0.39, 0.29) is 37.5 Å². The largest absolute Gasteiger partial charge is 0.481 e. The van der Waals surface area contributed by atoms with Gasteiger partial charge in [0.05, 0.1) is 6.61 Å². The topological polar surface area (TPSA) is 49.8 Å². The summed E-state index contributed by atoms with van der Waals surface area (Å²) in [5, 5.41) is 8.89. The third-order valence-corrected chi connectivity index (χ3v) is 2.89. The zero-order chi connectivity index (χ0) is 13.8. The number of carbonyl (C=O) groups excluding carboxylic acids is 1. The number of benzene rings is 1. The summed E-state index contributed by atoms with van der Waals surface area (Å²) < 4.78 is 31.0. The SMILES string of the molecule is O=C(COc1ccc(F)cc1F)N(CCO)C1CC1. The molecule has 0 saturated heterocycles. The summed E-state index contributed by atoms with van der Waals surface area (Å²) in [5.74, 6) is -2.00. The second kappa shape index (κ2) is 5.97. The highest BCUT2D eigenvalue weighted by Gasteiger charge is 2.32. The fourth-order valence-electron chi connectivity index (χ4n) is 1.82. The summed E-state index contributed by atoms with van der Waals surface area (Å²) in [5.41, 5.74) is 0. The Bertz CT molecular complexity index is 463. The van der Waals surface area contributed by atoms with Gasteiger partial charge in [-0.05, 0) is 25.0 Å².